The molecule has 1 aromatic heterocycles. The van der Waals surface area contributed by atoms with Gasteiger partial charge in [-0.05, 0) is 18.9 Å². The summed E-state index contributed by atoms with van der Waals surface area (Å²) in [7, 11) is 0. The lowest BCUT2D eigenvalue weighted by Crippen LogP contribution is -2.43. The molecule has 106 valence electrons. The van der Waals surface area contributed by atoms with E-state index in [-0.39, 0.29) is 0 Å². The average molecular weight is 272 g/mol. The lowest BCUT2D eigenvalue weighted by molar-refractivity contribution is 0.464. The highest BCUT2D eigenvalue weighted by Crippen LogP contribution is 2.14. The molecule has 0 spiro atoms. The fraction of sp³-hybridized carbons (Fsp3) is 0.467. The van der Waals surface area contributed by atoms with E-state index >= 15 is 0 Å². The number of aromatic nitrogens is 2. The molecule has 1 fully saturated rings. The van der Waals surface area contributed by atoms with E-state index in [4.69, 9.17) is 4.42 Å². The van der Waals surface area contributed by atoms with Gasteiger partial charge < -0.3 is 14.6 Å². The minimum atomic E-state index is 0.658. The van der Waals surface area contributed by atoms with Crippen molar-refractivity contribution >= 4 is 6.01 Å². The van der Waals surface area contributed by atoms with E-state index in [1.54, 1.807) is 0 Å². The van der Waals surface area contributed by atoms with Gasteiger partial charge in [-0.1, -0.05) is 34.9 Å². The summed E-state index contributed by atoms with van der Waals surface area (Å²) in [5, 5.41) is 11.6. The van der Waals surface area contributed by atoms with Crippen molar-refractivity contribution in [1.29, 1.82) is 0 Å². The first-order valence-electron chi connectivity index (χ1n) is 7.15. The summed E-state index contributed by atoms with van der Waals surface area (Å²) >= 11 is 0. The highest BCUT2D eigenvalue weighted by Gasteiger charge is 2.16. The van der Waals surface area contributed by atoms with Crippen molar-refractivity contribution in [3.05, 3.63) is 41.3 Å². The Bertz CT molecular complexity index is 561. The molecule has 0 amide bonds. The predicted molar refractivity (Wildman–Crippen MR) is 78.0 cm³/mol. The Morgan fingerprint density at radius 1 is 1.20 bits per heavy atom. The molecule has 0 bridgehead atoms. The summed E-state index contributed by atoms with van der Waals surface area (Å²) < 4.78 is 5.75. The molecule has 5 heteroatoms. The van der Waals surface area contributed by atoms with Crippen molar-refractivity contribution in [3.63, 3.8) is 0 Å². The Morgan fingerprint density at radius 2 is 2.05 bits per heavy atom. The molecule has 2 heterocycles. The van der Waals surface area contributed by atoms with E-state index in [0.717, 1.165) is 44.9 Å². The van der Waals surface area contributed by atoms with Crippen molar-refractivity contribution in [1.82, 2.24) is 15.5 Å². The first-order valence-corrected chi connectivity index (χ1v) is 7.15. The Labute approximate surface area is 119 Å². The van der Waals surface area contributed by atoms with Gasteiger partial charge in [-0.2, -0.15) is 0 Å². The summed E-state index contributed by atoms with van der Waals surface area (Å²) in [5.74, 6) is 0.722. The Morgan fingerprint density at radius 3 is 2.85 bits per heavy atom. The van der Waals surface area contributed by atoms with E-state index in [2.05, 4.69) is 51.6 Å². The monoisotopic (exact) mass is 272 g/mol. The zero-order valence-corrected chi connectivity index (χ0v) is 11.8. The van der Waals surface area contributed by atoms with Crippen LogP contribution in [0.15, 0.2) is 28.7 Å². The maximum absolute atomic E-state index is 5.75. The summed E-state index contributed by atoms with van der Waals surface area (Å²) in [6.45, 7) is 5.92. The van der Waals surface area contributed by atoms with Crippen molar-refractivity contribution < 1.29 is 4.42 Å². The molecule has 5 nitrogen and oxygen atoms in total. The van der Waals surface area contributed by atoms with E-state index < -0.39 is 0 Å². The summed E-state index contributed by atoms with van der Waals surface area (Å²) in [6, 6.07) is 9.20. The van der Waals surface area contributed by atoms with Crippen LogP contribution in [0.2, 0.25) is 0 Å². The van der Waals surface area contributed by atoms with Gasteiger partial charge in [0.05, 0.1) is 0 Å². The second kappa shape index (κ2) is 6.05. The molecule has 0 unspecified atom stereocenters. The van der Waals surface area contributed by atoms with E-state index in [1.165, 1.54) is 11.1 Å². The second-order valence-electron chi connectivity index (χ2n) is 5.20. The molecule has 0 radical (unpaired) electrons. The summed E-state index contributed by atoms with van der Waals surface area (Å²) in [6.07, 6.45) is 1.73. The highest BCUT2D eigenvalue weighted by molar-refractivity contribution is 5.25. The molecular weight excluding hydrogens is 252 g/mol. The molecule has 1 aliphatic rings. The van der Waals surface area contributed by atoms with Gasteiger partial charge in [0.2, 0.25) is 5.89 Å². The lowest BCUT2D eigenvalue weighted by Gasteiger charge is -2.24. The van der Waals surface area contributed by atoms with E-state index in [0.29, 0.717) is 6.01 Å². The Balaban J connectivity index is 1.59. The largest absolute Gasteiger partial charge is 0.408 e. The van der Waals surface area contributed by atoms with Crippen LogP contribution in [0.1, 0.15) is 17.0 Å². The van der Waals surface area contributed by atoms with Crippen LogP contribution in [0, 0.1) is 6.92 Å². The van der Waals surface area contributed by atoms with Gasteiger partial charge in [-0.3, -0.25) is 0 Å². The number of anilines is 1. The van der Waals surface area contributed by atoms with E-state index in [1.807, 2.05) is 0 Å². The van der Waals surface area contributed by atoms with E-state index in [9.17, 15) is 0 Å². The Kier molecular flexibility index (Phi) is 3.97. The third-order valence-electron chi connectivity index (χ3n) is 3.55. The van der Waals surface area contributed by atoms with Crippen LogP contribution >= 0.6 is 0 Å². The predicted octanol–water partition coefficient (Wildman–Crippen LogP) is 1.57. The normalized spacial score (nSPS) is 15.6. The van der Waals surface area contributed by atoms with Gasteiger partial charge in [-0.25, -0.2) is 0 Å². The van der Waals surface area contributed by atoms with Crippen LogP contribution in [0.5, 0.6) is 0 Å². The zero-order valence-electron chi connectivity index (χ0n) is 11.8. The molecule has 2 aromatic rings. The summed E-state index contributed by atoms with van der Waals surface area (Å²) in [5.41, 5.74) is 2.60. The van der Waals surface area contributed by atoms with Gasteiger partial charge in [0.1, 0.15) is 0 Å². The molecule has 1 aromatic carbocycles. The minimum absolute atomic E-state index is 0.658. The van der Waals surface area contributed by atoms with Gasteiger partial charge in [-0.15, -0.1) is 5.10 Å². The summed E-state index contributed by atoms with van der Waals surface area (Å²) in [4.78, 5) is 2.14. The molecule has 20 heavy (non-hydrogen) atoms. The fourth-order valence-corrected chi connectivity index (χ4v) is 2.45. The maximum atomic E-state index is 5.75. The van der Waals surface area contributed by atoms with Crippen molar-refractivity contribution in [2.75, 3.05) is 31.1 Å². The number of rotatable bonds is 4. The molecule has 1 N–H and O–H groups in total. The van der Waals surface area contributed by atoms with Crippen LogP contribution in [0.25, 0.3) is 0 Å². The topological polar surface area (TPSA) is 54.2 Å². The molecule has 3 rings (SSSR count). The van der Waals surface area contributed by atoms with Crippen molar-refractivity contribution in [2.45, 2.75) is 19.8 Å². The van der Waals surface area contributed by atoms with Crippen molar-refractivity contribution in [3.8, 4) is 0 Å². The smallest absolute Gasteiger partial charge is 0.318 e. The SMILES string of the molecule is Cc1cccc(CCc2nnc(N3CCNCC3)o2)c1. The van der Waals surface area contributed by atoms with Gasteiger partial charge >= 0.3 is 6.01 Å². The van der Waals surface area contributed by atoms with Gasteiger partial charge in [0, 0.05) is 32.6 Å². The van der Waals surface area contributed by atoms with Crippen LogP contribution in [-0.2, 0) is 12.8 Å². The molecule has 1 aliphatic heterocycles. The Hall–Kier alpha value is -1.88. The maximum Gasteiger partial charge on any atom is 0.318 e. The third-order valence-corrected chi connectivity index (χ3v) is 3.55. The molecule has 0 saturated carbocycles. The van der Waals surface area contributed by atoms with Crippen LogP contribution in [0.4, 0.5) is 6.01 Å². The standard InChI is InChI=1S/C15H20N4O/c1-12-3-2-4-13(11-12)5-6-14-17-18-15(20-14)19-9-7-16-8-10-19/h2-4,11,16H,5-10H2,1H3. The van der Waals surface area contributed by atoms with Crippen LogP contribution in [-0.4, -0.2) is 36.4 Å². The average Bonchev–Trinajstić information content (AvgIpc) is 2.95. The van der Waals surface area contributed by atoms with Crippen molar-refractivity contribution in [2.24, 2.45) is 0 Å². The second-order valence-corrected chi connectivity index (χ2v) is 5.20. The van der Waals surface area contributed by atoms with Crippen LogP contribution < -0.4 is 10.2 Å². The molecule has 0 atom stereocenters. The number of nitrogens with zero attached hydrogens (tertiary/aromatic N) is 3. The van der Waals surface area contributed by atoms with Gasteiger partial charge in [0.25, 0.3) is 0 Å². The zero-order chi connectivity index (χ0) is 13.8. The number of benzene rings is 1. The van der Waals surface area contributed by atoms with Crippen LogP contribution in [0.3, 0.4) is 0 Å². The fourth-order valence-electron chi connectivity index (χ4n) is 2.45. The molecular formula is C15H20N4O. The number of nitrogens with one attached hydrogen (secondary N) is 1. The highest BCUT2D eigenvalue weighted by atomic mass is 16.4. The number of hydrogen-bond acceptors (Lipinski definition) is 5. The first-order chi connectivity index (χ1) is 9.81. The number of piperazine rings is 1. The third kappa shape index (κ3) is 3.17. The number of aryl methyl sites for hydroxylation is 3. The number of hydrogen-bond donors (Lipinski definition) is 1. The molecule has 0 aliphatic carbocycles. The lowest BCUT2D eigenvalue weighted by atomic mass is 10.1. The molecule has 1 saturated heterocycles. The van der Waals surface area contributed by atoms with Gasteiger partial charge in [0.15, 0.2) is 0 Å². The quantitative estimate of drug-likeness (QED) is 0.915. The minimum Gasteiger partial charge on any atom is -0.408 e. The first kappa shape index (κ1) is 13.1.